The van der Waals surface area contributed by atoms with Gasteiger partial charge in [0.15, 0.2) is 0 Å². The molecule has 25 heavy (non-hydrogen) atoms. The van der Waals surface area contributed by atoms with E-state index in [1.807, 2.05) is 0 Å². The first-order valence-corrected chi connectivity index (χ1v) is 9.97. The summed E-state index contributed by atoms with van der Waals surface area (Å²) in [5.74, 6) is 0.589. The molecule has 1 saturated carbocycles. The Kier molecular flexibility index (Phi) is 4.31. The molecule has 0 heteroatoms. The van der Waals surface area contributed by atoms with Crippen molar-refractivity contribution in [2.45, 2.75) is 65.2 Å². The maximum Gasteiger partial charge on any atom is -0.0148 e. The Bertz CT molecular complexity index is 801. The molecule has 0 saturated heterocycles. The van der Waals surface area contributed by atoms with Crippen molar-refractivity contribution in [2.24, 2.45) is 5.41 Å². The molecule has 0 nitrogen and oxygen atoms in total. The molecule has 0 heterocycles. The van der Waals surface area contributed by atoms with E-state index in [9.17, 15) is 0 Å². The molecule has 1 fully saturated rings. The van der Waals surface area contributed by atoms with Crippen LogP contribution >= 0.6 is 0 Å². The second kappa shape index (κ2) is 6.48. The van der Waals surface area contributed by atoms with Gasteiger partial charge in [0.25, 0.3) is 0 Å². The van der Waals surface area contributed by atoms with Crippen LogP contribution in [-0.2, 0) is 6.42 Å². The van der Waals surface area contributed by atoms with Crippen molar-refractivity contribution in [3.8, 4) is 0 Å². The van der Waals surface area contributed by atoms with Gasteiger partial charge in [0.05, 0.1) is 0 Å². The van der Waals surface area contributed by atoms with E-state index in [2.05, 4.69) is 69.3 Å². The van der Waals surface area contributed by atoms with E-state index in [0.717, 1.165) is 0 Å². The van der Waals surface area contributed by atoms with E-state index in [0.29, 0.717) is 11.3 Å². The molecule has 1 spiro atoms. The van der Waals surface area contributed by atoms with Gasteiger partial charge in [-0.05, 0) is 77.3 Å². The predicted octanol–water partition coefficient (Wildman–Crippen LogP) is 7.06. The Labute approximate surface area is 153 Å². The van der Waals surface area contributed by atoms with Crippen molar-refractivity contribution in [1.29, 1.82) is 0 Å². The van der Waals surface area contributed by atoms with Crippen LogP contribution in [0.2, 0.25) is 0 Å². The van der Waals surface area contributed by atoms with Gasteiger partial charge >= 0.3 is 0 Å². The van der Waals surface area contributed by atoms with Crippen molar-refractivity contribution in [3.05, 3.63) is 76.4 Å². The summed E-state index contributed by atoms with van der Waals surface area (Å²) in [5.41, 5.74) is 9.28. The molecule has 0 N–H and O–H groups in total. The van der Waals surface area contributed by atoms with Gasteiger partial charge in [-0.3, -0.25) is 0 Å². The van der Waals surface area contributed by atoms with Crippen molar-refractivity contribution >= 4 is 5.57 Å². The molecule has 0 radical (unpaired) electrons. The Morgan fingerprint density at radius 1 is 0.960 bits per heavy atom. The van der Waals surface area contributed by atoms with Crippen LogP contribution in [0.5, 0.6) is 0 Å². The SMILES string of the molecule is Cc1cc(C2=CCC3(CCCC3)Cc3ccccc32)ccc1C(C)C. The summed E-state index contributed by atoms with van der Waals surface area (Å²) in [6, 6.07) is 16.2. The van der Waals surface area contributed by atoms with Crippen LogP contribution in [0.4, 0.5) is 0 Å². The zero-order valence-corrected chi connectivity index (χ0v) is 15.9. The van der Waals surface area contributed by atoms with Gasteiger partial charge in [0.2, 0.25) is 0 Å². The number of allylic oxidation sites excluding steroid dienone is 1. The molecule has 0 atom stereocenters. The molecule has 0 amide bonds. The lowest BCUT2D eigenvalue weighted by molar-refractivity contribution is 0.300. The van der Waals surface area contributed by atoms with Gasteiger partial charge < -0.3 is 0 Å². The fraction of sp³-hybridized carbons (Fsp3) is 0.440. The summed E-state index contributed by atoms with van der Waals surface area (Å²) in [7, 11) is 0. The van der Waals surface area contributed by atoms with Crippen LogP contribution in [0.1, 0.15) is 79.7 Å². The van der Waals surface area contributed by atoms with E-state index in [4.69, 9.17) is 0 Å². The molecule has 2 aromatic rings. The lowest BCUT2D eigenvalue weighted by atomic mass is 9.78. The number of aryl methyl sites for hydroxylation is 1. The molecule has 2 aliphatic carbocycles. The summed E-state index contributed by atoms with van der Waals surface area (Å²) in [4.78, 5) is 0. The fourth-order valence-corrected chi connectivity index (χ4v) is 5.11. The average Bonchev–Trinajstić information content (AvgIpc) is 2.97. The normalized spacial score (nSPS) is 19.0. The van der Waals surface area contributed by atoms with E-state index in [1.165, 1.54) is 66.4 Å². The van der Waals surface area contributed by atoms with Crippen molar-refractivity contribution in [3.63, 3.8) is 0 Å². The Hall–Kier alpha value is -1.82. The second-order valence-corrected chi connectivity index (χ2v) is 8.59. The van der Waals surface area contributed by atoms with Gasteiger partial charge in [-0.2, -0.15) is 0 Å². The number of hydrogen-bond acceptors (Lipinski definition) is 0. The smallest absolute Gasteiger partial charge is 0.0148 e. The quantitative estimate of drug-likeness (QED) is 0.553. The largest absolute Gasteiger partial charge is 0.0755 e. The maximum atomic E-state index is 2.56. The summed E-state index contributed by atoms with van der Waals surface area (Å²) >= 11 is 0. The number of benzene rings is 2. The van der Waals surface area contributed by atoms with Crippen molar-refractivity contribution < 1.29 is 0 Å². The van der Waals surface area contributed by atoms with Crippen LogP contribution in [0.3, 0.4) is 0 Å². The molecule has 2 aliphatic rings. The zero-order chi connectivity index (χ0) is 17.4. The highest BCUT2D eigenvalue weighted by molar-refractivity contribution is 5.82. The highest BCUT2D eigenvalue weighted by atomic mass is 14.4. The molecule has 0 unspecified atom stereocenters. The van der Waals surface area contributed by atoms with Crippen LogP contribution in [-0.4, -0.2) is 0 Å². The van der Waals surface area contributed by atoms with Gasteiger partial charge in [0, 0.05) is 0 Å². The van der Waals surface area contributed by atoms with Gasteiger partial charge in [-0.15, -0.1) is 0 Å². The molecular formula is C25H30. The Morgan fingerprint density at radius 2 is 1.72 bits per heavy atom. The first-order valence-electron chi connectivity index (χ1n) is 9.97. The standard InChI is InChI=1S/C25H30/c1-18(2)22-11-10-20(16-19(22)3)24-12-15-25(13-6-7-14-25)17-21-8-4-5-9-23(21)24/h4-5,8-12,16,18H,6-7,13-15,17H2,1-3H3. The minimum Gasteiger partial charge on any atom is -0.0755 e. The molecular weight excluding hydrogens is 300 g/mol. The highest BCUT2D eigenvalue weighted by Gasteiger charge is 2.35. The first kappa shape index (κ1) is 16.6. The van der Waals surface area contributed by atoms with E-state index < -0.39 is 0 Å². The summed E-state index contributed by atoms with van der Waals surface area (Å²) in [6.07, 6.45) is 10.7. The highest BCUT2D eigenvalue weighted by Crippen LogP contribution is 2.48. The number of fused-ring (bicyclic) bond motifs is 1. The lowest BCUT2D eigenvalue weighted by Crippen LogP contribution is -2.18. The van der Waals surface area contributed by atoms with E-state index in [1.54, 1.807) is 5.56 Å². The molecule has 0 aliphatic heterocycles. The first-order chi connectivity index (χ1) is 12.1. The van der Waals surface area contributed by atoms with Gasteiger partial charge in [0.1, 0.15) is 0 Å². The van der Waals surface area contributed by atoms with Crippen LogP contribution < -0.4 is 0 Å². The van der Waals surface area contributed by atoms with Crippen molar-refractivity contribution in [1.82, 2.24) is 0 Å². The molecule has 0 aromatic heterocycles. The minimum absolute atomic E-state index is 0.519. The average molecular weight is 331 g/mol. The monoisotopic (exact) mass is 330 g/mol. The third-order valence-electron chi connectivity index (χ3n) is 6.48. The van der Waals surface area contributed by atoms with Crippen LogP contribution in [0, 0.1) is 12.3 Å². The Balaban J connectivity index is 1.81. The zero-order valence-electron chi connectivity index (χ0n) is 15.9. The predicted molar refractivity (Wildman–Crippen MR) is 108 cm³/mol. The summed E-state index contributed by atoms with van der Waals surface area (Å²) < 4.78 is 0. The third-order valence-corrected chi connectivity index (χ3v) is 6.48. The summed E-state index contributed by atoms with van der Waals surface area (Å²) in [5, 5.41) is 0. The van der Waals surface area contributed by atoms with Crippen molar-refractivity contribution in [2.75, 3.05) is 0 Å². The fourth-order valence-electron chi connectivity index (χ4n) is 5.11. The number of rotatable bonds is 2. The second-order valence-electron chi connectivity index (χ2n) is 8.59. The lowest BCUT2D eigenvalue weighted by Gasteiger charge is -2.27. The molecule has 0 bridgehead atoms. The van der Waals surface area contributed by atoms with Crippen LogP contribution in [0.25, 0.3) is 5.57 Å². The molecule has 4 rings (SSSR count). The third kappa shape index (κ3) is 3.08. The minimum atomic E-state index is 0.519. The van der Waals surface area contributed by atoms with E-state index in [-0.39, 0.29) is 0 Å². The van der Waals surface area contributed by atoms with E-state index >= 15 is 0 Å². The molecule has 130 valence electrons. The molecule has 2 aromatic carbocycles. The van der Waals surface area contributed by atoms with Gasteiger partial charge in [-0.25, -0.2) is 0 Å². The summed E-state index contributed by atoms with van der Waals surface area (Å²) in [6.45, 7) is 6.83. The van der Waals surface area contributed by atoms with Gasteiger partial charge in [-0.1, -0.05) is 75.2 Å². The topological polar surface area (TPSA) is 0 Å². The number of hydrogen-bond donors (Lipinski definition) is 0. The Morgan fingerprint density at radius 3 is 2.44 bits per heavy atom. The maximum absolute atomic E-state index is 2.56. The van der Waals surface area contributed by atoms with Crippen LogP contribution in [0.15, 0.2) is 48.5 Å².